The number of anilines is 1. The van der Waals surface area contributed by atoms with Gasteiger partial charge in [-0.3, -0.25) is 9.89 Å². The molecule has 0 aliphatic heterocycles. The van der Waals surface area contributed by atoms with Gasteiger partial charge in [-0.15, -0.1) is 5.10 Å². The van der Waals surface area contributed by atoms with E-state index in [0.29, 0.717) is 27.3 Å². The number of methoxy groups -OCH3 is 1. The molecule has 3 rings (SSSR count). The van der Waals surface area contributed by atoms with Gasteiger partial charge in [0.2, 0.25) is 11.1 Å². The number of carbonyl (C=O) groups is 1. The fraction of sp³-hybridized carbons (Fsp3) is 0.167. The predicted octanol–water partition coefficient (Wildman–Crippen LogP) is 4.44. The third-order valence-corrected chi connectivity index (χ3v) is 4.80. The first-order chi connectivity index (χ1) is 13.0. The van der Waals surface area contributed by atoms with Crippen LogP contribution < -0.4 is 10.1 Å². The lowest BCUT2D eigenvalue weighted by molar-refractivity contribution is -0.113. The maximum Gasteiger partial charge on any atom is 0.234 e. The Kier molecular flexibility index (Phi) is 6.60. The Morgan fingerprint density at radius 2 is 1.89 bits per heavy atom. The lowest BCUT2D eigenvalue weighted by atomic mass is 10.1. The number of hydrogen-bond acceptors (Lipinski definition) is 5. The highest BCUT2D eigenvalue weighted by molar-refractivity contribution is 7.99. The number of nitrogens with one attached hydrogen (secondary N) is 2. The number of rotatable bonds is 7. The van der Waals surface area contributed by atoms with Crippen LogP contribution in [0.1, 0.15) is 11.4 Å². The SMILES string of the molecule is COc1ccc(Cc2nc(SCC(=O)Nc3cc(Cl)cc(Cl)c3)n[nH]2)cc1. The van der Waals surface area contributed by atoms with Crippen LogP contribution in [0.25, 0.3) is 0 Å². The molecule has 0 unspecified atom stereocenters. The monoisotopic (exact) mass is 422 g/mol. The molecule has 2 N–H and O–H groups in total. The summed E-state index contributed by atoms with van der Waals surface area (Å²) >= 11 is 13.1. The average Bonchev–Trinajstić information content (AvgIpc) is 3.07. The van der Waals surface area contributed by atoms with Gasteiger partial charge in [-0.05, 0) is 35.9 Å². The summed E-state index contributed by atoms with van der Waals surface area (Å²) in [5, 5.41) is 11.2. The van der Waals surface area contributed by atoms with Gasteiger partial charge < -0.3 is 10.1 Å². The second-order valence-corrected chi connectivity index (χ2v) is 7.40. The van der Waals surface area contributed by atoms with Gasteiger partial charge in [-0.1, -0.05) is 47.1 Å². The molecule has 6 nitrogen and oxygen atoms in total. The number of nitrogens with zero attached hydrogens (tertiary/aromatic N) is 2. The first-order valence-electron chi connectivity index (χ1n) is 7.95. The van der Waals surface area contributed by atoms with E-state index in [-0.39, 0.29) is 11.7 Å². The van der Waals surface area contributed by atoms with Crippen molar-refractivity contribution in [1.29, 1.82) is 0 Å². The Bertz CT molecular complexity index is 911. The Labute approximate surface area is 170 Å². The molecule has 0 atom stereocenters. The van der Waals surface area contributed by atoms with Gasteiger partial charge in [0.25, 0.3) is 0 Å². The molecule has 27 heavy (non-hydrogen) atoms. The molecule has 9 heteroatoms. The molecule has 0 saturated carbocycles. The Morgan fingerprint density at radius 3 is 2.56 bits per heavy atom. The summed E-state index contributed by atoms with van der Waals surface area (Å²) < 4.78 is 5.14. The van der Waals surface area contributed by atoms with Gasteiger partial charge >= 0.3 is 0 Å². The van der Waals surface area contributed by atoms with Gasteiger partial charge in [-0.25, -0.2) is 4.98 Å². The zero-order valence-electron chi connectivity index (χ0n) is 14.3. The quantitative estimate of drug-likeness (QED) is 0.550. The van der Waals surface area contributed by atoms with Crippen LogP contribution >= 0.6 is 35.0 Å². The maximum atomic E-state index is 12.1. The van der Waals surface area contributed by atoms with E-state index in [1.54, 1.807) is 25.3 Å². The molecule has 0 aliphatic rings. The van der Waals surface area contributed by atoms with Crippen molar-refractivity contribution in [2.45, 2.75) is 11.6 Å². The number of thioether (sulfide) groups is 1. The summed E-state index contributed by atoms with van der Waals surface area (Å²) in [4.78, 5) is 16.5. The first kappa shape index (κ1) is 19.5. The molecule has 0 fully saturated rings. The standard InChI is InChI=1S/C18H16Cl2N4O2S/c1-26-15-4-2-11(3-5-15)6-16-22-18(24-23-16)27-10-17(25)21-14-8-12(19)7-13(20)9-14/h2-5,7-9H,6,10H2,1H3,(H,21,25)(H,22,23,24). The Balaban J connectivity index is 1.51. The van der Waals surface area contributed by atoms with Crippen molar-refractivity contribution in [2.24, 2.45) is 0 Å². The van der Waals surface area contributed by atoms with Crippen LogP contribution in [-0.4, -0.2) is 34.0 Å². The van der Waals surface area contributed by atoms with Crippen LogP contribution in [0.3, 0.4) is 0 Å². The number of H-pyrrole nitrogens is 1. The molecular weight excluding hydrogens is 407 g/mol. The van der Waals surface area contributed by atoms with E-state index in [1.807, 2.05) is 24.3 Å². The lowest BCUT2D eigenvalue weighted by Crippen LogP contribution is -2.14. The van der Waals surface area contributed by atoms with Gasteiger partial charge in [0, 0.05) is 22.2 Å². The van der Waals surface area contributed by atoms with E-state index >= 15 is 0 Å². The van der Waals surface area contributed by atoms with Crippen molar-refractivity contribution in [3.8, 4) is 5.75 Å². The number of carbonyl (C=O) groups excluding carboxylic acids is 1. The number of benzene rings is 2. The lowest BCUT2D eigenvalue weighted by Gasteiger charge is -2.05. The average molecular weight is 423 g/mol. The largest absolute Gasteiger partial charge is 0.497 e. The van der Waals surface area contributed by atoms with Crippen LogP contribution in [0.15, 0.2) is 47.6 Å². The highest BCUT2D eigenvalue weighted by Gasteiger charge is 2.09. The highest BCUT2D eigenvalue weighted by Crippen LogP contribution is 2.23. The van der Waals surface area contributed by atoms with Crippen molar-refractivity contribution in [2.75, 3.05) is 18.2 Å². The maximum absolute atomic E-state index is 12.1. The molecule has 0 spiro atoms. The summed E-state index contributed by atoms with van der Waals surface area (Å²) in [6.07, 6.45) is 0.616. The molecule has 140 valence electrons. The number of amides is 1. The summed E-state index contributed by atoms with van der Waals surface area (Å²) in [6, 6.07) is 12.6. The third kappa shape index (κ3) is 5.89. The fourth-order valence-corrected chi connectivity index (χ4v) is 3.45. The van der Waals surface area contributed by atoms with Gasteiger partial charge in [0.15, 0.2) is 0 Å². The number of hydrogen-bond donors (Lipinski definition) is 2. The normalized spacial score (nSPS) is 10.6. The number of halogens is 2. The zero-order chi connectivity index (χ0) is 19.2. The topological polar surface area (TPSA) is 79.9 Å². The summed E-state index contributed by atoms with van der Waals surface area (Å²) in [6.45, 7) is 0. The second kappa shape index (κ2) is 9.12. The number of aromatic nitrogens is 3. The van der Waals surface area contributed by atoms with Crippen molar-refractivity contribution in [1.82, 2.24) is 15.2 Å². The number of ether oxygens (including phenoxy) is 1. The summed E-state index contributed by atoms with van der Waals surface area (Å²) in [5.41, 5.74) is 1.63. The van der Waals surface area contributed by atoms with Crippen molar-refractivity contribution >= 4 is 46.6 Å². The Morgan fingerprint density at radius 1 is 1.19 bits per heavy atom. The minimum atomic E-state index is -0.195. The molecular formula is C18H16Cl2N4O2S. The molecule has 0 radical (unpaired) electrons. The van der Waals surface area contributed by atoms with Crippen LogP contribution in [-0.2, 0) is 11.2 Å². The van der Waals surface area contributed by atoms with Crippen LogP contribution in [0.2, 0.25) is 10.0 Å². The minimum absolute atomic E-state index is 0.171. The second-order valence-electron chi connectivity index (χ2n) is 5.58. The fourth-order valence-electron chi connectivity index (χ4n) is 2.31. The molecule has 3 aromatic rings. The van der Waals surface area contributed by atoms with Crippen LogP contribution in [0.5, 0.6) is 5.75 Å². The zero-order valence-corrected chi connectivity index (χ0v) is 16.7. The summed E-state index contributed by atoms with van der Waals surface area (Å²) in [5.74, 6) is 1.51. The van der Waals surface area contributed by atoms with E-state index in [2.05, 4.69) is 20.5 Å². The highest BCUT2D eigenvalue weighted by atomic mass is 35.5. The van der Waals surface area contributed by atoms with Crippen molar-refractivity contribution in [3.05, 3.63) is 63.9 Å². The van der Waals surface area contributed by atoms with E-state index < -0.39 is 0 Å². The van der Waals surface area contributed by atoms with E-state index in [4.69, 9.17) is 27.9 Å². The number of aromatic amines is 1. The molecule has 0 saturated heterocycles. The van der Waals surface area contributed by atoms with E-state index in [9.17, 15) is 4.79 Å². The smallest absolute Gasteiger partial charge is 0.234 e. The van der Waals surface area contributed by atoms with E-state index in [1.165, 1.54) is 11.8 Å². The van der Waals surface area contributed by atoms with Crippen molar-refractivity contribution < 1.29 is 9.53 Å². The van der Waals surface area contributed by atoms with Crippen molar-refractivity contribution in [3.63, 3.8) is 0 Å². The molecule has 0 bridgehead atoms. The molecule has 0 aliphatic carbocycles. The molecule has 2 aromatic carbocycles. The molecule has 1 aromatic heterocycles. The van der Waals surface area contributed by atoms with Gasteiger partial charge in [-0.2, -0.15) is 0 Å². The summed E-state index contributed by atoms with van der Waals surface area (Å²) in [7, 11) is 1.63. The van der Waals surface area contributed by atoms with Crippen LogP contribution in [0, 0.1) is 0 Å². The predicted molar refractivity (Wildman–Crippen MR) is 108 cm³/mol. The Hall–Kier alpha value is -2.22. The first-order valence-corrected chi connectivity index (χ1v) is 9.69. The third-order valence-electron chi connectivity index (χ3n) is 3.52. The van der Waals surface area contributed by atoms with E-state index in [0.717, 1.165) is 17.1 Å². The minimum Gasteiger partial charge on any atom is -0.497 e. The molecule has 1 amide bonds. The van der Waals surface area contributed by atoms with Gasteiger partial charge in [0.1, 0.15) is 11.6 Å². The van der Waals surface area contributed by atoms with Gasteiger partial charge in [0.05, 0.1) is 12.9 Å². The molecule has 1 heterocycles. The van der Waals surface area contributed by atoms with Crippen LogP contribution in [0.4, 0.5) is 5.69 Å².